The Bertz CT molecular complexity index is 569. The molecule has 1 aliphatic heterocycles. The molecule has 0 N–H and O–H groups in total. The van der Waals surface area contributed by atoms with Crippen molar-refractivity contribution >= 4 is 17.5 Å². The smallest absolute Gasteiger partial charge is 0.256 e. The SMILES string of the molecule is C#Cc1cc(Cl)c2c(c1)CN(C(C)C1CC1)C2=O. The number of carbonyl (C=O) groups excluding carboxylic acids is 1. The van der Waals surface area contributed by atoms with E-state index < -0.39 is 0 Å². The molecule has 3 rings (SSSR count). The summed E-state index contributed by atoms with van der Waals surface area (Å²) in [6, 6.07) is 3.90. The third-order valence-corrected chi connectivity index (χ3v) is 4.25. The minimum atomic E-state index is 0.0537. The molecule has 92 valence electrons. The first-order chi connectivity index (χ1) is 8.61. The fourth-order valence-electron chi connectivity index (χ4n) is 2.67. The maximum absolute atomic E-state index is 12.4. The van der Waals surface area contributed by atoms with E-state index in [1.54, 1.807) is 6.07 Å². The van der Waals surface area contributed by atoms with Gasteiger partial charge in [0.25, 0.3) is 5.91 Å². The van der Waals surface area contributed by atoms with Gasteiger partial charge in [-0.2, -0.15) is 0 Å². The maximum atomic E-state index is 12.4. The van der Waals surface area contributed by atoms with Crippen LogP contribution in [0.2, 0.25) is 5.02 Å². The second-order valence-corrected chi connectivity index (χ2v) is 5.55. The van der Waals surface area contributed by atoms with E-state index in [0.717, 1.165) is 11.1 Å². The van der Waals surface area contributed by atoms with Crippen LogP contribution in [0.3, 0.4) is 0 Å². The van der Waals surface area contributed by atoms with Gasteiger partial charge in [0.05, 0.1) is 10.6 Å². The molecule has 0 bridgehead atoms. The Balaban J connectivity index is 1.98. The van der Waals surface area contributed by atoms with Crippen LogP contribution in [0.5, 0.6) is 0 Å². The first-order valence-corrected chi connectivity index (χ1v) is 6.59. The van der Waals surface area contributed by atoms with E-state index in [-0.39, 0.29) is 5.91 Å². The third kappa shape index (κ3) is 1.71. The number of nitrogens with zero attached hydrogens (tertiary/aromatic N) is 1. The van der Waals surface area contributed by atoms with Crippen molar-refractivity contribution in [3.8, 4) is 12.3 Å². The van der Waals surface area contributed by atoms with Gasteiger partial charge < -0.3 is 4.90 Å². The quantitative estimate of drug-likeness (QED) is 0.748. The molecule has 1 aromatic rings. The zero-order valence-electron chi connectivity index (χ0n) is 10.2. The summed E-state index contributed by atoms with van der Waals surface area (Å²) < 4.78 is 0. The Labute approximate surface area is 112 Å². The average Bonchev–Trinajstić information content (AvgIpc) is 3.13. The molecule has 1 unspecified atom stereocenters. The number of rotatable bonds is 2. The first-order valence-electron chi connectivity index (χ1n) is 6.22. The monoisotopic (exact) mass is 259 g/mol. The van der Waals surface area contributed by atoms with E-state index in [4.69, 9.17) is 18.0 Å². The molecule has 1 amide bonds. The molecule has 1 aliphatic carbocycles. The highest BCUT2D eigenvalue weighted by Crippen LogP contribution is 2.39. The molecule has 2 aliphatic rings. The molecule has 2 nitrogen and oxygen atoms in total. The summed E-state index contributed by atoms with van der Waals surface area (Å²) in [7, 11) is 0. The van der Waals surface area contributed by atoms with Gasteiger partial charge in [0.1, 0.15) is 0 Å². The standard InChI is InChI=1S/C15H14ClNO/c1-3-10-6-12-8-17(9(2)11-4-5-11)15(18)14(12)13(16)7-10/h1,6-7,9,11H,4-5,8H2,2H3. The molecule has 18 heavy (non-hydrogen) atoms. The van der Waals surface area contributed by atoms with E-state index in [2.05, 4.69) is 12.8 Å². The summed E-state index contributed by atoms with van der Waals surface area (Å²) in [5.41, 5.74) is 2.35. The maximum Gasteiger partial charge on any atom is 0.256 e. The van der Waals surface area contributed by atoms with Crippen LogP contribution in [0.4, 0.5) is 0 Å². The van der Waals surface area contributed by atoms with Crippen LogP contribution in [0, 0.1) is 18.3 Å². The molecule has 3 heteroatoms. The van der Waals surface area contributed by atoms with Crippen molar-refractivity contribution in [2.24, 2.45) is 5.92 Å². The van der Waals surface area contributed by atoms with Gasteiger partial charge in [-0.05, 0) is 43.4 Å². The Morgan fingerprint density at radius 1 is 1.50 bits per heavy atom. The van der Waals surface area contributed by atoms with Crippen LogP contribution >= 0.6 is 11.6 Å². The van der Waals surface area contributed by atoms with Gasteiger partial charge in [-0.1, -0.05) is 17.5 Å². The fourth-order valence-corrected chi connectivity index (χ4v) is 2.99. The molecule has 0 aromatic heterocycles. The van der Waals surface area contributed by atoms with E-state index in [9.17, 15) is 4.79 Å². The van der Waals surface area contributed by atoms with Crippen molar-refractivity contribution in [1.82, 2.24) is 4.90 Å². The van der Waals surface area contributed by atoms with Crippen molar-refractivity contribution in [2.45, 2.75) is 32.4 Å². The Hall–Kier alpha value is -1.46. The van der Waals surface area contributed by atoms with E-state index in [1.165, 1.54) is 12.8 Å². The van der Waals surface area contributed by atoms with Gasteiger partial charge in [-0.15, -0.1) is 6.42 Å². The summed E-state index contributed by atoms with van der Waals surface area (Å²) >= 11 is 6.17. The summed E-state index contributed by atoms with van der Waals surface area (Å²) in [6.45, 7) is 2.76. The second kappa shape index (κ2) is 4.03. The third-order valence-electron chi connectivity index (χ3n) is 3.95. The molecule has 1 heterocycles. The molecule has 1 saturated carbocycles. The summed E-state index contributed by atoms with van der Waals surface area (Å²) in [5, 5.41) is 0.482. The van der Waals surface area contributed by atoms with Crippen LogP contribution in [0.1, 0.15) is 41.3 Å². The molecular formula is C15H14ClNO. The molecule has 1 aromatic carbocycles. The van der Waals surface area contributed by atoms with Crippen LogP contribution in [-0.2, 0) is 6.54 Å². The van der Waals surface area contributed by atoms with Crippen molar-refractivity contribution in [1.29, 1.82) is 0 Å². The first kappa shape index (κ1) is 11.6. The number of benzene rings is 1. The van der Waals surface area contributed by atoms with Crippen molar-refractivity contribution in [2.75, 3.05) is 0 Å². The number of hydrogen-bond acceptors (Lipinski definition) is 1. The van der Waals surface area contributed by atoms with Crippen LogP contribution in [-0.4, -0.2) is 16.8 Å². The summed E-state index contributed by atoms with van der Waals surface area (Å²) in [6.07, 6.45) is 7.85. The van der Waals surface area contributed by atoms with E-state index >= 15 is 0 Å². The van der Waals surface area contributed by atoms with Gasteiger partial charge in [0.2, 0.25) is 0 Å². The number of carbonyl (C=O) groups is 1. The van der Waals surface area contributed by atoms with Crippen molar-refractivity contribution in [3.63, 3.8) is 0 Å². The lowest BCUT2D eigenvalue weighted by Crippen LogP contribution is -2.34. The summed E-state index contributed by atoms with van der Waals surface area (Å²) in [4.78, 5) is 14.3. The van der Waals surface area contributed by atoms with Gasteiger partial charge in [-0.3, -0.25) is 4.79 Å². The lowest BCUT2D eigenvalue weighted by Gasteiger charge is -2.23. The highest BCUT2D eigenvalue weighted by Gasteiger charge is 2.39. The molecular weight excluding hydrogens is 246 g/mol. The van der Waals surface area contributed by atoms with E-state index in [0.29, 0.717) is 29.1 Å². The zero-order chi connectivity index (χ0) is 12.9. The number of hydrogen-bond donors (Lipinski definition) is 0. The fraction of sp³-hybridized carbons (Fsp3) is 0.400. The normalized spacial score (nSPS) is 19.6. The van der Waals surface area contributed by atoms with Gasteiger partial charge in [0, 0.05) is 18.2 Å². The second-order valence-electron chi connectivity index (χ2n) is 5.15. The molecule has 0 spiro atoms. The largest absolute Gasteiger partial charge is 0.331 e. The van der Waals surface area contributed by atoms with Gasteiger partial charge in [-0.25, -0.2) is 0 Å². The number of fused-ring (bicyclic) bond motifs is 1. The molecule has 1 fully saturated rings. The summed E-state index contributed by atoms with van der Waals surface area (Å²) in [5.74, 6) is 3.29. The highest BCUT2D eigenvalue weighted by atomic mass is 35.5. The highest BCUT2D eigenvalue weighted by molar-refractivity contribution is 6.34. The van der Waals surface area contributed by atoms with Crippen molar-refractivity contribution < 1.29 is 4.79 Å². The van der Waals surface area contributed by atoms with Gasteiger partial charge in [0.15, 0.2) is 0 Å². The number of amides is 1. The van der Waals surface area contributed by atoms with Gasteiger partial charge >= 0.3 is 0 Å². The van der Waals surface area contributed by atoms with Crippen LogP contribution < -0.4 is 0 Å². The lowest BCUT2D eigenvalue weighted by atomic mass is 10.1. The average molecular weight is 260 g/mol. The predicted molar refractivity (Wildman–Crippen MR) is 71.4 cm³/mol. The number of terminal acetylenes is 1. The molecule has 0 radical (unpaired) electrons. The Kier molecular flexibility index (Phi) is 2.60. The molecule has 1 atom stereocenters. The zero-order valence-corrected chi connectivity index (χ0v) is 11.0. The minimum absolute atomic E-state index is 0.0537. The van der Waals surface area contributed by atoms with E-state index in [1.807, 2.05) is 11.0 Å². The minimum Gasteiger partial charge on any atom is -0.331 e. The number of halogens is 1. The molecule has 0 saturated heterocycles. The van der Waals surface area contributed by atoms with Crippen molar-refractivity contribution in [3.05, 3.63) is 33.8 Å². The Morgan fingerprint density at radius 3 is 2.83 bits per heavy atom. The van der Waals surface area contributed by atoms with Crippen LogP contribution in [0.15, 0.2) is 12.1 Å². The predicted octanol–water partition coefficient (Wildman–Crippen LogP) is 3.08. The topological polar surface area (TPSA) is 20.3 Å². The van der Waals surface area contributed by atoms with Crippen LogP contribution in [0.25, 0.3) is 0 Å². The Morgan fingerprint density at radius 2 is 2.22 bits per heavy atom. The lowest BCUT2D eigenvalue weighted by molar-refractivity contribution is 0.0697.